The predicted molar refractivity (Wildman–Crippen MR) is 91.7 cm³/mol. The summed E-state index contributed by atoms with van der Waals surface area (Å²) in [7, 11) is 0. The Kier molecular flexibility index (Phi) is 5.90. The van der Waals surface area contributed by atoms with Crippen LogP contribution in [-0.2, 0) is 4.79 Å². The third-order valence-corrected chi connectivity index (χ3v) is 4.51. The second kappa shape index (κ2) is 7.90. The number of para-hydroxylation sites is 1. The molecule has 116 valence electrons. The van der Waals surface area contributed by atoms with Crippen molar-refractivity contribution in [1.82, 2.24) is 0 Å². The van der Waals surface area contributed by atoms with Crippen molar-refractivity contribution in [2.24, 2.45) is 0 Å². The second-order valence-electron chi connectivity index (χ2n) is 5.09. The fourth-order valence-corrected chi connectivity index (χ4v) is 3.28. The van der Waals surface area contributed by atoms with E-state index in [-0.39, 0.29) is 0 Å². The Morgan fingerprint density at radius 1 is 1.14 bits per heavy atom. The monoisotopic (exact) mass is 315 g/mol. The van der Waals surface area contributed by atoms with Crippen molar-refractivity contribution in [1.29, 1.82) is 0 Å². The molecule has 0 amide bonds. The molecule has 2 aromatic rings. The molecule has 4 heteroatoms. The SMILES string of the molecule is CCCN(c1ccccc1Sc1ccccc1)[C@@H](C)C(=O)O. The predicted octanol–water partition coefficient (Wildman–Crippen LogP) is 4.53. The Balaban J connectivity index is 2.34. The molecule has 0 aliphatic heterocycles. The number of aliphatic carboxylic acids is 1. The summed E-state index contributed by atoms with van der Waals surface area (Å²) in [6, 6.07) is 17.6. The van der Waals surface area contributed by atoms with E-state index < -0.39 is 12.0 Å². The minimum atomic E-state index is -0.798. The molecule has 0 radical (unpaired) electrons. The molecule has 22 heavy (non-hydrogen) atoms. The highest BCUT2D eigenvalue weighted by molar-refractivity contribution is 7.99. The van der Waals surface area contributed by atoms with Gasteiger partial charge in [-0.05, 0) is 37.6 Å². The summed E-state index contributed by atoms with van der Waals surface area (Å²) in [6.45, 7) is 4.52. The lowest BCUT2D eigenvalue weighted by molar-refractivity contribution is -0.138. The van der Waals surface area contributed by atoms with Crippen LogP contribution in [-0.4, -0.2) is 23.7 Å². The molecule has 2 aromatic carbocycles. The summed E-state index contributed by atoms with van der Waals surface area (Å²) >= 11 is 1.66. The quantitative estimate of drug-likeness (QED) is 0.815. The number of rotatable bonds is 7. The van der Waals surface area contributed by atoms with E-state index >= 15 is 0 Å². The van der Waals surface area contributed by atoms with Crippen molar-refractivity contribution in [3.8, 4) is 0 Å². The van der Waals surface area contributed by atoms with Crippen LogP contribution in [0.25, 0.3) is 0 Å². The normalized spacial score (nSPS) is 11.9. The molecule has 0 spiro atoms. The molecule has 0 bridgehead atoms. The first-order valence-electron chi connectivity index (χ1n) is 7.45. The molecule has 1 atom stereocenters. The molecule has 0 heterocycles. The third kappa shape index (κ3) is 4.04. The fourth-order valence-electron chi connectivity index (χ4n) is 2.29. The van der Waals surface area contributed by atoms with Crippen LogP contribution in [0.4, 0.5) is 5.69 Å². The van der Waals surface area contributed by atoms with Crippen LogP contribution >= 0.6 is 11.8 Å². The van der Waals surface area contributed by atoms with E-state index in [4.69, 9.17) is 0 Å². The van der Waals surface area contributed by atoms with E-state index in [9.17, 15) is 9.90 Å². The standard InChI is InChI=1S/C18H21NO2S/c1-3-13-19(14(2)18(20)21)16-11-7-8-12-17(16)22-15-9-5-4-6-10-15/h4-12,14H,3,13H2,1-2H3,(H,20,21)/t14-/m0/s1. The van der Waals surface area contributed by atoms with Gasteiger partial charge in [-0.25, -0.2) is 4.79 Å². The molecule has 3 nitrogen and oxygen atoms in total. The van der Waals surface area contributed by atoms with Gasteiger partial charge in [0, 0.05) is 16.3 Å². The van der Waals surface area contributed by atoms with Crippen LogP contribution in [0.3, 0.4) is 0 Å². The van der Waals surface area contributed by atoms with Crippen LogP contribution < -0.4 is 4.90 Å². The average Bonchev–Trinajstić information content (AvgIpc) is 2.54. The zero-order chi connectivity index (χ0) is 15.9. The lowest BCUT2D eigenvalue weighted by Gasteiger charge is -2.30. The van der Waals surface area contributed by atoms with E-state index in [1.54, 1.807) is 18.7 Å². The maximum absolute atomic E-state index is 11.4. The highest BCUT2D eigenvalue weighted by Crippen LogP contribution is 2.36. The molecular weight excluding hydrogens is 294 g/mol. The van der Waals surface area contributed by atoms with Crippen molar-refractivity contribution in [2.45, 2.75) is 36.1 Å². The number of hydrogen-bond acceptors (Lipinski definition) is 3. The minimum Gasteiger partial charge on any atom is -0.480 e. The van der Waals surface area contributed by atoms with Gasteiger partial charge in [0.2, 0.25) is 0 Å². The smallest absolute Gasteiger partial charge is 0.326 e. The minimum absolute atomic E-state index is 0.544. The van der Waals surface area contributed by atoms with Gasteiger partial charge in [0.15, 0.2) is 0 Å². The molecule has 2 rings (SSSR count). The maximum atomic E-state index is 11.4. The summed E-state index contributed by atoms with van der Waals surface area (Å²) in [4.78, 5) is 15.6. The van der Waals surface area contributed by atoms with Crippen molar-refractivity contribution in [3.05, 3.63) is 54.6 Å². The molecule has 0 fully saturated rings. The fraction of sp³-hybridized carbons (Fsp3) is 0.278. The number of nitrogens with zero attached hydrogens (tertiary/aromatic N) is 1. The van der Waals surface area contributed by atoms with Crippen LogP contribution in [0.1, 0.15) is 20.3 Å². The Hall–Kier alpha value is -1.94. The van der Waals surface area contributed by atoms with Gasteiger partial charge < -0.3 is 10.0 Å². The summed E-state index contributed by atoms with van der Waals surface area (Å²) in [6.07, 6.45) is 0.905. The molecule has 0 aromatic heterocycles. The Labute approximate surface area is 136 Å². The molecule has 1 N–H and O–H groups in total. The van der Waals surface area contributed by atoms with Crippen LogP contribution in [0, 0.1) is 0 Å². The van der Waals surface area contributed by atoms with Gasteiger partial charge in [0.25, 0.3) is 0 Å². The zero-order valence-electron chi connectivity index (χ0n) is 12.9. The summed E-state index contributed by atoms with van der Waals surface area (Å²) in [5.41, 5.74) is 0.980. The van der Waals surface area contributed by atoms with Crippen molar-refractivity contribution in [2.75, 3.05) is 11.4 Å². The summed E-state index contributed by atoms with van der Waals surface area (Å²) < 4.78 is 0. The largest absolute Gasteiger partial charge is 0.480 e. The van der Waals surface area contributed by atoms with E-state index in [1.165, 1.54) is 0 Å². The molecule has 0 unspecified atom stereocenters. The molecule has 0 saturated carbocycles. The summed E-state index contributed by atoms with van der Waals surface area (Å²) in [5.74, 6) is -0.798. The number of carboxylic acid groups (broad SMARTS) is 1. The molecule has 0 aliphatic carbocycles. The number of benzene rings is 2. The Morgan fingerprint density at radius 3 is 2.41 bits per heavy atom. The third-order valence-electron chi connectivity index (χ3n) is 3.44. The van der Waals surface area contributed by atoms with Gasteiger partial charge in [-0.3, -0.25) is 0 Å². The van der Waals surface area contributed by atoms with Gasteiger partial charge in [0.1, 0.15) is 6.04 Å². The zero-order valence-corrected chi connectivity index (χ0v) is 13.7. The molecular formula is C18H21NO2S. The van der Waals surface area contributed by atoms with Gasteiger partial charge in [-0.1, -0.05) is 49.0 Å². The topological polar surface area (TPSA) is 40.5 Å². The number of hydrogen-bond donors (Lipinski definition) is 1. The highest BCUT2D eigenvalue weighted by Gasteiger charge is 2.22. The van der Waals surface area contributed by atoms with E-state index in [0.29, 0.717) is 0 Å². The lowest BCUT2D eigenvalue weighted by atomic mass is 10.2. The average molecular weight is 315 g/mol. The van der Waals surface area contributed by atoms with E-state index in [2.05, 4.69) is 19.1 Å². The second-order valence-corrected chi connectivity index (χ2v) is 6.21. The summed E-state index contributed by atoms with van der Waals surface area (Å²) in [5, 5.41) is 9.37. The molecule has 0 saturated heterocycles. The highest BCUT2D eigenvalue weighted by atomic mass is 32.2. The number of anilines is 1. The van der Waals surface area contributed by atoms with Crippen LogP contribution in [0.2, 0.25) is 0 Å². The van der Waals surface area contributed by atoms with Crippen molar-refractivity contribution in [3.63, 3.8) is 0 Å². The van der Waals surface area contributed by atoms with Crippen LogP contribution in [0.5, 0.6) is 0 Å². The maximum Gasteiger partial charge on any atom is 0.326 e. The van der Waals surface area contributed by atoms with Crippen LogP contribution in [0.15, 0.2) is 64.4 Å². The van der Waals surface area contributed by atoms with Gasteiger partial charge >= 0.3 is 5.97 Å². The Bertz CT molecular complexity index is 615. The number of carboxylic acids is 1. The van der Waals surface area contributed by atoms with Gasteiger partial charge in [0.05, 0.1) is 5.69 Å². The number of carbonyl (C=O) groups is 1. The van der Waals surface area contributed by atoms with Gasteiger partial charge in [-0.2, -0.15) is 0 Å². The van der Waals surface area contributed by atoms with Crippen molar-refractivity contribution < 1.29 is 9.90 Å². The first kappa shape index (κ1) is 16.4. The lowest BCUT2D eigenvalue weighted by Crippen LogP contribution is -2.39. The first-order chi connectivity index (χ1) is 10.6. The molecule has 0 aliphatic rings. The van der Waals surface area contributed by atoms with Gasteiger partial charge in [-0.15, -0.1) is 0 Å². The Morgan fingerprint density at radius 2 is 1.77 bits per heavy atom. The first-order valence-corrected chi connectivity index (χ1v) is 8.26. The van der Waals surface area contributed by atoms with E-state index in [1.807, 2.05) is 47.4 Å². The van der Waals surface area contributed by atoms with Crippen molar-refractivity contribution >= 4 is 23.4 Å². The van der Waals surface area contributed by atoms with E-state index in [0.717, 1.165) is 28.4 Å².